The molecule has 6 nitrogen and oxygen atoms in total. The molecule has 1 fully saturated rings. The van der Waals surface area contributed by atoms with E-state index in [1.807, 2.05) is 6.07 Å². The number of hydrogen-bond donors (Lipinski definition) is 1. The van der Waals surface area contributed by atoms with Gasteiger partial charge in [0.1, 0.15) is 5.60 Å². The summed E-state index contributed by atoms with van der Waals surface area (Å²) in [6.45, 7) is 7.74. The van der Waals surface area contributed by atoms with Crippen molar-refractivity contribution in [2.45, 2.75) is 38.8 Å². The highest BCUT2D eigenvalue weighted by atomic mass is 35.5. The molecule has 1 atom stereocenters. The molecule has 2 rings (SSSR count). The molecule has 0 saturated carbocycles. The highest BCUT2D eigenvalue weighted by Crippen LogP contribution is 2.31. The summed E-state index contributed by atoms with van der Waals surface area (Å²) in [6.07, 6.45) is -0.499. The Balaban J connectivity index is 2.26. The number of aliphatic carboxylic acids is 1. The minimum absolute atomic E-state index is 0.0315. The van der Waals surface area contributed by atoms with Crippen LogP contribution in [0.2, 0.25) is 5.02 Å². The molecule has 1 saturated heterocycles. The Bertz CT molecular complexity index is 644. The van der Waals surface area contributed by atoms with Gasteiger partial charge in [-0.1, -0.05) is 17.7 Å². The van der Waals surface area contributed by atoms with Crippen molar-refractivity contribution < 1.29 is 19.4 Å². The fourth-order valence-corrected chi connectivity index (χ4v) is 2.91. The van der Waals surface area contributed by atoms with Gasteiger partial charge in [0.25, 0.3) is 0 Å². The summed E-state index contributed by atoms with van der Waals surface area (Å²) >= 11 is 6.03. The van der Waals surface area contributed by atoms with Crippen molar-refractivity contribution in [1.82, 2.24) is 4.90 Å². The van der Waals surface area contributed by atoms with Gasteiger partial charge in [0.15, 0.2) is 5.54 Å². The lowest BCUT2D eigenvalue weighted by molar-refractivity contribution is -0.144. The van der Waals surface area contributed by atoms with Gasteiger partial charge in [-0.2, -0.15) is 0 Å². The molecule has 132 valence electrons. The Morgan fingerprint density at radius 1 is 1.29 bits per heavy atom. The van der Waals surface area contributed by atoms with Crippen LogP contribution in [0.1, 0.15) is 27.7 Å². The fourth-order valence-electron chi connectivity index (χ4n) is 2.73. The predicted molar refractivity (Wildman–Crippen MR) is 92.6 cm³/mol. The standard InChI is InChI=1S/C17H23ClN2O4/c1-16(2,3)24-15(23)19-8-9-20(17(4,11-19)14(21)22)13-7-5-6-12(18)10-13/h5-7,10H,8-9,11H2,1-4H3,(H,21,22). The number of halogens is 1. The smallest absolute Gasteiger partial charge is 0.410 e. The summed E-state index contributed by atoms with van der Waals surface area (Å²) in [4.78, 5) is 27.4. The molecule has 1 aromatic carbocycles. The molecule has 24 heavy (non-hydrogen) atoms. The van der Waals surface area contributed by atoms with Gasteiger partial charge in [-0.15, -0.1) is 0 Å². The number of benzene rings is 1. The van der Waals surface area contributed by atoms with E-state index in [-0.39, 0.29) is 6.54 Å². The second-order valence-corrected chi connectivity index (χ2v) is 7.55. The first-order valence-electron chi connectivity index (χ1n) is 7.77. The van der Waals surface area contributed by atoms with Crippen molar-refractivity contribution in [3.63, 3.8) is 0 Å². The van der Waals surface area contributed by atoms with Gasteiger partial charge in [0, 0.05) is 23.8 Å². The maximum Gasteiger partial charge on any atom is 0.410 e. The lowest BCUT2D eigenvalue weighted by atomic mass is 9.95. The second kappa shape index (κ2) is 6.51. The lowest BCUT2D eigenvalue weighted by Crippen LogP contribution is -2.66. The number of piperazine rings is 1. The van der Waals surface area contributed by atoms with Crippen LogP contribution in [0.15, 0.2) is 24.3 Å². The van der Waals surface area contributed by atoms with Crippen LogP contribution >= 0.6 is 11.6 Å². The van der Waals surface area contributed by atoms with Gasteiger partial charge in [-0.3, -0.25) is 0 Å². The fraction of sp³-hybridized carbons (Fsp3) is 0.529. The van der Waals surface area contributed by atoms with Crippen LogP contribution in [0.25, 0.3) is 0 Å². The van der Waals surface area contributed by atoms with Crippen LogP contribution in [0.3, 0.4) is 0 Å². The van der Waals surface area contributed by atoms with Crippen LogP contribution in [0, 0.1) is 0 Å². The third kappa shape index (κ3) is 3.93. The monoisotopic (exact) mass is 354 g/mol. The Morgan fingerprint density at radius 2 is 1.96 bits per heavy atom. The lowest BCUT2D eigenvalue weighted by Gasteiger charge is -2.47. The summed E-state index contributed by atoms with van der Waals surface area (Å²) < 4.78 is 5.36. The van der Waals surface area contributed by atoms with E-state index in [4.69, 9.17) is 16.3 Å². The van der Waals surface area contributed by atoms with Gasteiger partial charge in [0.05, 0.1) is 6.54 Å². The summed E-state index contributed by atoms with van der Waals surface area (Å²) in [5, 5.41) is 10.3. The average Bonchev–Trinajstić information content (AvgIpc) is 2.45. The van der Waals surface area contributed by atoms with Crippen molar-refractivity contribution in [2.75, 3.05) is 24.5 Å². The molecule has 1 amide bonds. The Kier molecular flexibility index (Phi) is 4.99. The number of anilines is 1. The van der Waals surface area contributed by atoms with Crippen molar-refractivity contribution in [3.05, 3.63) is 29.3 Å². The molecule has 0 bridgehead atoms. The van der Waals surface area contributed by atoms with Crippen LogP contribution in [0.4, 0.5) is 10.5 Å². The number of carbonyl (C=O) groups excluding carboxylic acids is 1. The molecule has 1 aliphatic heterocycles. The van der Waals surface area contributed by atoms with E-state index < -0.39 is 23.2 Å². The van der Waals surface area contributed by atoms with E-state index in [9.17, 15) is 14.7 Å². The summed E-state index contributed by atoms with van der Waals surface area (Å²) in [5.74, 6) is -1.00. The molecule has 7 heteroatoms. The number of carboxylic acid groups (broad SMARTS) is 1. The van der Waals surface area contributed by atoms with Crippen LogP contribution in [-0.2, 0) is 9.53 Å². The first-order chi connectivity index (χ1) is 11.0. The number of hydrogen-bond acceptors (Lipinski definition) is 4. The molecular weight excluding hydrogens is 332 g/mol. The van der Waals surface area contributed by atoms with Gasteiger partial charge < -0.3 is 19.6 Å². The number of nitrogens with zero attached hydrogens (tertiary/aromatic N) is 2. The van der Waals surface area contributed by atoms with E-state index in [2.05, 4.69) is 0 Å². The first-order valence-corrected chi connectivity index (χ1v) is 8.15. The molecule has 0 aromatic heterocycles. The van der Waals surface area contributed by atoms with Crippen LogP contribution in [-0.4, -0.2) is 52.8 Å². The van der Waals surface area contributed by atoms with E-state index in [0.29, 0.717) is 18.1 Å². The summed E-state index contributed by atoms with van der Waals surface area (Å²) in [7, 11) is 0. The van der Waals surface area contributed by atoms with E-state index in [0.717, 1.165) is 5.69 Å². The van der Waals surface area contributed by atoms with E-state index >= 15 is 0 Å². The molecule has 1 aliphatic rings. The zero-order valence-electron chi connectivity index (χ0n) is 14.4. The maximum absolute atomic E-state index is 12.3. The molecular formula is C17H23ClN2O4. The Morgan fingerprint density at radius 3 is 2.50 bits per heavy atom. The minimum Gasteiger partial charge on any atom is -0.479 e. The average molecular weight is 355 g/mol. The normalized spacial score (nSPS) is 21.5. The van der Waals surface area contributed by atoms with Gasteiger partial charge in [0.2, 0.25) is 0 Å². The SMILES string of the molecule is CC(C)(C)OC(=O)N1CCN(c2cccc(Cl)c2)C(C)(C(=O)O)C1. The third-order valence-corrected chi connectivity index (χ3v) is 4.16. The van der Waals surface area contributed by atoms with Crippen molar-refractivity contribution in [2.24, 2.45) is 0 Å². The largest absolute Gasteiger partial charge is 0.479 e. The quantitative estimate of drug-likeness (QED) is 0.882. The van der Waals surface area contributed by atoms with Crippen molar-refractivity contribution in [3.8, 4) is 0 Å². The van der Waals surface area contributed by atoms with Crippen molar-refractivity contribution in [1.29, 1.82) is 0 Å². The highest BCUT2D eigenvalue weighted by molar-refractivity contribution is 6.30. The highest BCUT2D eigenvalue weighted by Gasteiger charge is 2.46. The summed E-state index contributed by atoms with van der Waals surface area (Å²) in [6, 6.07) is 7.06. The molecule has 0 spiro atoms. The van der Waals surface area contributed by atoms with Gasteiger partial charge >= 0.3 is 12.1 Å². The minimum atomic E-state index is -1.26. The number of ether oxygens (including phenoxy) is 1. The Labute approximate surface area is 146 Å². The van der Waals surface area contributed by atoms with Crippen LogP contribution in [0.5, 0.6) is 0 Å². The second-order valence-electron chi connectivity index (χ2n) is 7.11. The molecule has 0 aliphatic carbocycles. The molecule has 1 aromatic rings. The van der Waals surface area contributed by atoms with Crippen molar-refractivity contribution >= 4 is 29.4 Å². The predicted octanol–water partition coefficient (Wildman–Crippen LogP) is 3.24. The maximum atomic E-state index is 12.3. The van der Waals surface area contributed by atoms with E-state index in [1.165, 1.54) is 4.90 Å². The zero-order valence-corrected chi connectivity index (χ0v) is 15.1. The molecule has 1 heterocycles. The number of carbonyl (C=O) groups is 2. The van der Waals surface area contributed by atoms with Gasteiger partial charge in [-0.05, 0) is 45.9 Å². The molecule has 1 N–H and O–H groups in total. The van der Waals surface area contributed by atoms with E-state index in [1.54, 1.807) is 50.8 Å². The summed E-state index contributed by atoms with van der Waals surface area (Å²) in [5.41, 5.74) is -1.17. The molecule has 1 unspecified atom stereocenters. The number of amides is 1. The molecule has 0 radical (unpaired) electrons. The Hall–Kier alpha value is -1.95. The first kappa shape index (κ1) is 18.4. The zero-order chi connectivity index (χ0) is 18.1. The number of rotatable bonds is 2. The van der Waals surface area contributed by atoms with Crippen LogP contribution < -0.4 is 4.90 Å². The van der Waals surface area contributed by atoms with Gasteiger partial charge in [-0.25, -0.2) is 9.59 Å². The third-order valence-electron chi connectivity index (χ3n) is 3.92. The topological polar surface area (TPSA) is 70.1 Å². The number of carboxylic acids is 1.